The molecule has 2 heterocycles. The van der Waals surface area contributed by atoms with Crippen LogP contribution < -0.4 is 10.9 Å². The van der Waals surface area contributed by atoms with E-state index in [4.69, 9.17) is 35.4 Å². The molecule has 0 saturated heterocycles. The zero-order valence-electron chi connectivity index (χ0n) is 13.9. The van der Waals surface area contributed by atoms with Crippen LogP contribution in [0, 0.1) is 4.77 Å². The van der Waals surface area contributed by atoms with Crippen LogP contribution in [0.4, 0.5) is 5.82 Å². The van der Waals surface area contributed by atoms with Gasteiger partial charge in [0.25, 0.3) is 5.56 Å². The van der Waals surface area contributed by atoms with Gasteiger partial charge in [-0.25, -0.2) is 0 Å². The van der Waals surface area contributed by atoms with E-state index in [1.807, 2.05) is 22.8 Å². The topological polar surface area (TPSA) is 53.1 Å². The molecule has 1 aromatic heterocycles. The number of nitrogens with one attached hydrogen (secondary N) is 2. The molecule has 8 heteroatoms. The third kappa shape index (κ3) is 3.92. The highest BCUT2D eigenvalue weighted by Crippen LogP contribution is 2.26. The molecule has 0 fully saturated rings. The second-order valence-electron chi connectivity index (χ2n) is 6.08. The van der Waals surface area contributed by atoms with Gasteiger partial charge in [0.05, 0.1) is 12.2 Å². The van der Waals surface area contributed by atoms with Crippen LogP contribution in [0.1, 0.15) is 24.5 Å². The molecule has 134 valence electrons. The Hall–Kier alpha value is -1.34. The van der Waals surface area contributed by atoms with Crippen molar-refractivity contribution in [1.29, 1.82) is 0 Å². The normalized spacial score (nSPS) is 14.2. The highest BCUT2D eigenvalue weighted by molar-refractivity contribution is 7.71. The number of aromatic amines is 1. The molecule has 2 aromatic rings. The van der Waals surface area contributed by atoms with Gasteiger partial charge in [0.1, 0.15) is 5.82 Å². The first kappa shape index (κ1) is 18.5. The van der Waals surface area contributed by atoms with Gasteiger partial charge in [-0.2, -0.15) is 0 Å². The van der Waals surface area contributed by atoms with E-state index in [0.717, 1.165) is 29.9 Å². The number of nitrogens with zero attached hydrogens (tertiary/aromatic N) is 2. The molecule has 2 N–H and O–H groups in total. The third-order valence-corrected chi connectivity index (χ3v) is 5.36. The van der Waals surface area contributed by atoms with Crippen molar-refractivity contribution in [2.24, 2.45) is 0 Å². The van der Waals surface area contributed by atoms with Crippen molar-refractivity contribution in [2.75, 3.05) is 18.5 Å². The summed E-state index contributed by atoms with van der Waals surface area (Å²) in [6.07, 6.45) is 1.67. The van der Waals surface area contributed by atoms with Gasteiger partial charge in [-0.1, -0.05) is 36.2 Å². The van der Waals surface area contributed by atoms with Crippen LogP contribution in [0.2, 0.25) is 10.0 Å². The van der Waals surface area contributed by atoms with Crippen LogP contribution in [0.25, 0.3) is 0 Å². The quantitative estimate of drug-likeness (QED) is 0.745. The van der Waals surface area contributed by atoms with Gasteiger partial charge in [-0.05, 0) is 49.3 Å². The summed E-state index contributed by atoms with van der Waals surface area (Å²) in [6.45, 7) is 4.97. The van der Waals surface area contributed by atoms with Gasteiger partial charge in [-0.15, -0.1) is 0 Å². The minimum atomic E-state index is -0.125. The van der Waals surface area contributed by atoms with Gasteiger partial charge >= 0.3 is 0 Å². The molecular formula is C17H20Cl2N4OS. The summed E-state index contributed by atoms with van der Waals surface area (Å²) in [5.41, 5.74) is 1.48. The first-order valence-corrected chi connectivity index (χ1v) is 9.42. The lowest BCUT2D eigenvalue weighted by Crippen LogP contribution is -2.39. The molecule has 0 unspecified atom stereocenters. The fourth-order valence-electron chi connectivity index (χ4n) is 3.11. The standard InChI is InChI=1S/C17H20Cl2N4OS/c1-2-7-22-9-12-15(20-10-22)23(17(25)21-16(12)24)8-6-11-13(18)4-3-5-14(11)19/h3-5,20H,2,6-10H2,1H3,(H,21,24,25). The molecule has 25 heavy (non-hydrogen) atoms. The highest BCUT2D eigenvalue weighted by Gasteiger charge is 2.21. The van der Waals surface area contributed by atoms with E-state index < -0.39 is 0 Å². The van der Waals surface area contributed by atoms with Crippen LogP contribution >= 0.6 is 35.4 Å². The maximum atomic E-state index is 12.3. The number of aromatic nitrogens is 2. The molecule has 0 aliphatic carbocycles. The summed E-state index contributed by atoms with van der Waals surface area (Å²) in [6, 6.07) is 5.47. The summed E-state index contributed by atoms with van der Waals surface area (Å²) < 4.78 is 2.33. The monoisotopic (exact) mass is 398 g/mol. The van der Waals surface area contributed by atoms with E-state index >= 15 is 0 Å². The summed E-state index contributed by atoms with van der Waals surface area (Å²) in [5, 5.41) is 4.63. The molecule has 0 radical (unpaired) electrons. The zero-order valence-corrected chi connectivity index (χ0v) is 16.3. The fraction of sp³-hybridized carbons (Fsp3) is 0.412. The molecule has 3 rings (SSSR count). The SMILES string of the molecule is CCCN1CNc2c(c(=O)[nH]c(=S)n2CCc2c(Cl)cccc2Cl)C1. The molecule has 0 atom stereocenters. The number of fused-ring (bicyclic) bond motifs is 1. The molecule has 1 aromatic carbocycles. The molecular weight excluding hydrogens is 379 g/mol. The molecule has 0 spiro atoms. The predicted molar refractivity (Wildman–Crippen MR) is 105 cm³/mol. The highest BCUT2D eigenvalue weighted by atomic mass is 35.5. The number of hydrogen-bond donors (Lipinski definition) is 2. The summed E-state index contributed by atoms with van der Waals surface area (Å²) in [7, 11) is 0. The molecule has 0 saturated carbocycles. The largest absolute Gasteiger partial charge is 0.358 e. The van der Waals surface area contributed by atoms with E-state index in [0.29, 0.717) is 41.0 Å². The number of H-pyrrole nitrogens is 1. The average Bonchev–Trinajstić information content (AvgIpc) is 2.57. The first-order valence-electron chi connectivity index (χ1n) is 8.26. The van der Waals surface area contributed by atoms with Crippen LogP contribution in [0.5, 0.6) is 0 Å². The molecule has 1 aliphatic rings. The third-order valence-electron chi connectivity index (χ3n) is 4.33. The van der Waals surface area contributed by atoms with E-state index in [1.165, 1.54) is 0 Å². The molecule has 0 amide bonds. The summed E-state index contributed by atoms with van der Waals surface area (Å²) >= 11 is 17.9. The Morgan fingerprint density at radius 1 is 1.24 bits per heavy atom. The number of rotatable bonds is 5. The zero-order chi connectivity index (χ0) is 18.0. The maximum absolute atomic E-state index is 12.3. The smallest absolute Gasteiger partial charge is 0.258 e. The summed E-state index contributed by atoms with van der Waals surface area (Å²) in [4.78, 5) is 17.3. The lowest BCUT2D eigenvalue weighted by atomic mass is 10.1. The first-order chi connectivity index (χ1) is 12.0. The van der Waals surface area contributed by atoms with Crippen molar-refractivity contribution in [1.82, 2.24) is 14.5 Å². The van der Waals surface area contributed by atoms with E-state index in [2.05, 4.69) is 22.1 Å². The Morgan fingerprint density at radius 2 is 1.96 bits per heavy atom. The number of anilines is 1. The van der Waals surface area contributed by atoms with Gasteiger partial charge < -0.3 is 9.88 Å². The van der Waals surface area contributed by atoms with Crippen molar-refractivity contribution in [3.63, 3.8) is 0 Å². The van der Waals surface area contributed by atoms with Crippen molar-refractivity contribution >= 4 is 41.2 Å². The fourth-order valence-corrected chi connectivity index (χ4v) is 3.97. The average molecular weight is 399 g/mol. The van der Waals surface area contributed by atoms with Crippen molar-refractivity contribution in [3.8, 4) is 0 Å². The van der Waals surface area contributed by atoms with Crippen molar-refractivity contribution < 1.29 is 0 Å². The summed E-state index contributed by atoms with van der Waals surface area (Å²) in [5.74, 6) is 0.796. The van der Waals surface area contributed by atoms with E-state index in [9.17, 15) is 4.79 Å². The van der Waals surface area contributed by atoms with E-state index in [-0.39, 0.29) is 5.56 Å². The lowest BCUT2D eigenvalue weighted by molar-refractivity contribution is 0.272. The molecule has 1 aliphatic heterocycles. The Kier molecular flexibility index (Phi) is 5.84. The Labute approximate surface area is 161 Å². The van der Waals surface area contributed by atoms with Crippen LogP contribution in [0.15, 0.2) is 23.0 Å². The van der Waals surface area contributed by atoms with Gasteiger partial charge in [0.15, 0.2) is 4.77 Å². The maximum Gasteiger partial charge on any atom is 0.258 e. The minimum Gasteiger partial charge on any atom is -0.358 e. The second-order valence-corrected chi connectivity index (χ2v) is 7.28. The van der Waals surface area contributed by atoms with E-state index in [1.54, 1.807) is 0 Å². The van der Waals surface area contributed by atoms with Crippen LogP contribution in [-0.2, 0) is 19.5 Å². The number of benzene rings is 1. The van der Waals surface area contributed by atoms with Gasteiger partial charge in [0.2, 0.25) is 0 Å². The van der Waals surface area contributed by atoms with Gasteiger partial charge in [-0.3, -0.25) is 14.7 Å². The lowest BCUT2D eigenvalue weighted by Gasteiger charge is -2.30. The Bertz CT molecular complexity index is 873. The van der Waals surface area contributed by atoms with Crippen molar-refractivity contribution in [2.45, 2.75) is 32.9 Å². The number of hydrogen-bond acceptors (Lipinski definition) is 4. The predicted octanol–water partition coefficient (Wildman–Crippen LogP) is 4.05. The Morgan fingerprint density at radius 3 is 2.64 bits per heavy atom. The second kappa shape index (κ2) is 7.91. The van der Waals surface area contributed by atoms with Crippen LogP contribution in [0.3, 0.4) is 0 Å². The number of halogens is 2. The molecule has 0 bridgehead atoms. The van der Waals surface area contributed by atoms with Gasteiger partial charge in [0, 0.05) is 23.1 Å². The van der Waals surface area contributed by atoms with Crippen LogP contribution in [-0.4, -0.2) is 27.7 Å². The Balaban J connectivity index is 1.91. The van der Waals surface area contributed by atoms with Crippen molar-refractivity contribution in [3.05, 3.63) is 54.5 Å². The molecule has 5 nitrogen and oxygen atoms in total. The minimum absolute atomic E-state index is 0.125.